The Bertz CT molecular complexity index is 1290. The maximum absolute atomic E-state index is 13.8. The number of benzene rings is 2. The van der Waals surface area contributed by atoms with Gasteiger partial charge >= 0.3 is 0 Å². The van der Waals surface area contributed by atoms with Crippen LogP contribution in [-0.2, 0) is 9.59 Å². The van der Waals surface area contributed by atoms with Crippen molar-refractivity contribution >= 4 is 28.7 Å². The zero-order valence-electron chi connectivity index (χ0n) is 20.6. The van der Waals surface area contributed by atoms with Crippen LogP contribution in [-0.4, -0.2) is 23.4 Å². The monoisotopic (exact) mass is 486 g/mol. The summed E-state index contributed by atoms with van der Waals surface area (Å²) in [7, 11) is 0. The highest BCUT2D eigenvalue weighted by atomic mass is 32.2. The third kappa shape index (κ3) is 4.38. The fraction of sp³-hybridized carbons (Fsp3) is 0.333. The molecule has 2 aromatic rings. The molecule has 0 spiro atoms. The normalized spacial score (nSPS) is 20.3. The van der Waals surface area contributed by atoms with Crippen molar-refractivity contribution in [3.8, 4) is 11.5 Å². The maximum Gasteiger partial charge on any atom is 0.231 e. The van der Waals surface area contributed by atoms with Gasteiger partial charge in [0.25, 0.3) is 0 Å². The summed E-state index contributed by atoms with van der Waals surface area (Å²) in [5, 5.41) is 0.0792. The predicted molar refractivity (Wildman–Crippen MR) is 141 cm³/mol. The Balaban J connectivity index is 1.54. The van der Waals surface area contributed by atoms with Gasteiger partial charge in [-0.05, 0) is 66.3 Å². The lowest BCUT2D eigenvalue weighted by Gasteiger charge is -2.28. The molecule has 3 aliphatic rings. The molecule has 0 amide bonds. The number of hydrogen-bond donors (Lipinski definition) is 0. The van der Waals surface area contributed by atoms with Gasteiger partial charge in [-0.2, -0.15) is 0 Å². The summed E-state index contributed by atoms with van der Waals surface area (Å²) in [6.07, 6.45) is 3.24. The van der Waals surface area contributed by atoms with E-state index >= 15 is 0 Å². The van der Waals surface area contributed by atoms with Crippen LogP contribution >= 0.6 is 11.8 Å². The lowest BCUT2D eigenvalue weighted by Crippen LogP contribution is -2.21. The third-order valence-corrected chi connectivity index (χ3v) is 7.78. The smallest absolute Gasteiger partial charge is 0.231 e. The second-order valence-corrected chi connectivity index (χ2v) is 10.9. The zero-order valence-corrected chi connectivity index (χ0v) is 21.5. The van der Waals surface area contributed by atoms with Crippen molar-refractivity contribution < 1.29 is 19.1 Å². The molecule has 4 nitrogen and oxygen atoms in total. The van der Waals surface area contributed by atoms with E-state index in [0.29, 0.717) is 30.3 Å². The molecule has 0 aromatic heterocycles. The minimum absolute atomic E-state index is 0.0508. The van der Waals surface area contributed by atoms with E-state index in [4.69, 9.17) is 9.47 Å². The minimum atomic E-state index is -0.318. The van der Waals surface area contributed by atoms with Crippen LogP contribution in [0.2, 0.25) is 0 Å². The first-order valence-corrected chi connectivity index (χ1v) is 13.2. The first-order chi connectivity index (χ1) is 16.9. The van der Waals surface area contributed by atoms with E-state index in [0.717, 1.165) is 44.7 Å². The molecule has 0 fully saturated rings. The van der Waals surface area contributed by atoms with Gasteiger partial charge in [-0.3, -0.25) is 9.59 Å². The zero-order chi connectivity index (χ0) is 24.7. The van der Waals surface area contributed by atoms with Gasteiger partial charge in [-0.1, -0.05) is 74.0 Å². The molecule has 1 aliphatic heterocycles. The van der Waals surface area contributed by atoms with Gasteiger partial charge in [-0.15, -0.1) is 0 Å². The van der Waals surface area contributed by atoms with Crippen molar-refractivity contribution in [1.29, 1.82) is 0 Å². The molecule has 1 heterocycles. The maximum atomic E-state index is 13.8. The van der Waals surface area contributed by atoms with Crippen LogP contribution < -0.4 is 9.47 Å². The Kier molecular flexibility index (Phi) is 6.45. The standard InChI is InChI=1S/C30H30O4S/c1-5-35-30(32)26-18(4)12-22-15-23(13-19-6-11-24-25(14-19)34-16-33-24)29(31)28(22)27(26)21-9-7-20(8-10-21)17(2)3/h6-11,13-14,17,27H,5,12,15-16H2,1-4H3. The van der Waals surface area contributed by atoms with Crippen molar-refractivity contribution in [3.05, 3.63) is 87.0 Å². The molecule has 0 saturated heterocycles. The molecule has 1 unspecified atom stereocenters. The van der Waals surface area contributed by atoms with Gasteiger partial charge in [-0.25, -0.2) is 0 Å². The summed E-state index contributed by atoms with van der Waals surface area (Å²) in [4.78, 5) is 27.1. The third-order valence-electron chi connectivity index (χ3n) is 7.01. The van der Waals surface area contributed by atoms with Crippen LogP contribution in [0.3, 0.4) is 0 Å². The Morgan fingerprint density at radius 1 is 1.09 bits per heavy atom. The van der Waals surface area contributed by atoms with Gasteiger partial charge in [0.15, 0.2) is 17.3 Å². The summed E-state index contributed by atoms with van der Waals surface area (Å²) in [5.41, 5.74) is 7.72. The molecule has 5 rings (SSSR count). The quantitative estimate of drug-likeness (QED) is 0.427. The van der Waals surface area contributed by atoms with E-state index < -0.39 is 0 Å². The highest BCUT2D eigenvalue weighted by molar-refractivity contribution is 8.14. The van der Waals surface area contributed by atoms with Gasteiger partial charge in [0.2, 0.25) is 11.9 Å². The number of rotatable bonds is 5. The lowest BCUT2D eigenvalue weighted by atomic mass is 9.75. The molecule has 0 bridgehead atoms. The van der Waals surface area contributed by atoms with Crippen molar-refractivity contribution in [1.82, 2.24) is 0 Å². The molecule has 1 atom stereocenters. The van der Waals surface area contributed by atoms with Gasteiger partial charge < -0.3 is 9.47 Å². The molecule has 0 N–H and O–H groups in total. The van der Waals surface area contributed by atoms with Crippen LogP contribution in [0.1, 0.15) is 69.1 Å². The summed E-state index contributed by atoms with van der Waals surface area (Å²) < 4.78 is 10.9. The highest BCUT2D eigenvalue weighted by Crippen LogP contribution is 2.49. The van der Waals surface area contributed by atoms with E-state index in [1.807, 2.05) is 38.1 Å². The van der Waals surface area contributed by atoms with E-state index in [1.165, 1.54) is 17.3 Å². The van der Waals surface area contributed by atoms with Crippen molar-refractivity contribution in [2.45, 2.75) is 52.4 Å². The summed E-state index contributed by atoms with van der Waals surface area (Å²) in [6.45, 7) is 8.60. The molecule has 2 aliphatic carbocycles. The number of fused-ring (bicyclic) bond motifs is 1. The Morgan fingerprint density at radius 2 is 1.83 bits per heavy atom. The number of ether oxygens (including phenoxy) is 2. The summed E-state index contributed by atoms with van der Waals surface area (Å²) >= 11 is 1.33. The van der Waals surface area contributed by atoms with Gasteiger partial charge in [0.05, 0.1) is 0 Å². The average molecular weight is 487 g/mol. The van der Waals surface area contributed by atoms with Crippen molar-refractivity contribution in [2.75, 3.05) is 12.5 Å². The number of thioether (sulfide) groups is 1. The van der Waals surface area contributed by atoms with E-state index in [-0.39, 0.29) is 23.6 Å². The molecule has 5 heteroatoms. The van der Waals surface area contributed by atoms with Gasteiger partial charge in [0, 0.05) is 22.6 Å². The molecular formula is C30H30O4S. The topological polar surface area (TPSA) is 52.6 Å². The first kappa shape index (κ1) is 23.7. The Hall–Kier alpha value is -3.05. The Labute approximate surface area is 211 Å². The largest absolute Gasteiger partial charge is 0.454 e. The highest BCUT2D eigenvalue weighted by Gasteiger charge is 2.41. The van der Waals surface area contributed by atoms with Crippen LogP contribution in [0.4, 0.5) is 0 Å². The number of Topliss-reactive ketones (excluding diaryl/α,β-unsaturated/α-hetero) is 1. The molecule has 0 radical (unpaired) electrons. The van der Waals surface area contributed by atoms with Crippen LogP contribution in [0.15, 0.2) is 70.3 Å². The molecule has 180 valence electrons. The number of carbonyl (C=O) groups is 2. The van der Waals surface area contributed by atoms with Crippen LogP contribution in [0.25, 0.3) is 6.08 Å². The average Bonchev–Trinajstić information content (AvgIpc) is 3.42. The van der Waals surface area contributed by atoms with Gasteiger partial charge in [0.1, 0.15) is 0 Å². The van der Waals surface area contributed by atoms with Crippen LogP contribution in [0, 0.1) is 0 Å². The second-order valence-electron chi connectivity index (χ2n) is 9.65. The van der Waals surface area contributed by atoms with E-state index in [1.54, 1.807) is 0 Å². The van der Waals surface area contributed by atoms with Crippen LogP contribution in [0.5, 0.6) is 11.5 Å². The van der Waals surface area contributed by atoms with E-state index in [9.17, 15) is 9.59 Å². The minimum Gasteiger partial charge on any atom is -0.454 e. The fourth-order valence-electron chi connectivity index (χ4n) is 5.27. The SMILES string of the molecule is CCSC(=O)C1=C(C)CC2=C(C(=O)C(=Cc3ccc4c(c3)OCO4)C2)C1c1ccc(C(C)C)cc1. The number of ketones is 1. The molecule has 35 heavy (non-hydrogen) atoms. The fourth-order valence-corrected chi connectivity index (χ4v) is 5.98. The summed E-state index contributed by atoms with van der Waals surface area (Å²) in [5.74, 6) is 2.29. The molecule has 0 saturated carbocycles. The van der Waals surface area contributed by atoms with E-state index in [2.05, 4.69) is 38.1 Å². The predicted octanol–water partition coefficient (Wildman–Crippen LogP) is 6.98. The molecule has 2 aromatic carbocycles. The summed E-state index contributed by atoms with van der Waals surface area (Å²) in [6, 6.07) is 14.2. The molecular weight excluding hydrogens is 456 g/mol. The Morgan fingerprint density at radius 3 is 2.54 bits per heavy atom. The first-order valence-electron chi connectivity index (χ1n) is 12.2. The second kappa shape index (κ2) is 9.54. The number of carbonyl (C=O) groups excluding carboxylic acids is 2. The number of allylic oxidation sites excluding steroid dienone is 4. The lowest BCUT2D eigenvalue weighted by molar-refractivity contribution is -0.112. The number of hydrogen-bond acceptors (Lipinski definition) is 5. The van der Waals surface area contributed by atoms with Crippen molar-refractivity contribution in [2.24, 2.45) is 0 Å². The van der Waals surface area contributed by atoms with Crippen molar-refractivity contribution in [3.63, 3.8) is 0 Å².